The van der Waals surface area contributed by atoms with E-state index in [1.54, 1.807) is 0 Å². The molecule has 5 heteroatoms. The number of para-hydroxylation sites is 1. The first kappa shape index (κ1) is 18.0. The third-order valence-electron chi connectivity index (χ3n) is 2.50. The van der Waals surface area contributed by atoms with Crippen LogP contribution >= 0.6 is 24.0 Å². The minimum absolute atomic E-state index is 0. The molecule has 4 nitrogen and oxygen atoms in total. The Morgan fingerprint density at radius 1 is 1.42 bits per heavy atom. The number of benzene rings is 1. The number of hydrogen-bond acceptors (Lipinski definition) is 2. The van der Waals surface area contributed by atoms with Crippen LogP contribution in [0.5, 0.6) is 5.75 Å². The van der Waals surface area contributed by atoms with Gasteiger partial charge < -0.3 is 15.8 Å². The number of rotatable bonds is 6. The lowest BCUT2D eigenvalue weighted by Crippen LogP contribution is -2.33. The summed E-state index contributed by atoms with van der Waals surface area (Å²) in [5.41, 5.74) is 6.84. The van der Waals surface area contributed by atoms with E-state index in [9.17, 15) is 0 Å². The highest BCUT2D eigenvalue weighted by atomic mass is 127. The van der Waals surface area contributed by atoms with Gasteiger partial charge >= 0.3 is 0 Å². The van der Waals surface area contributed by atoms with E-state index in [0.29, 0.717) is 12.5 Å². The predicted octanol–water partition coefficient (Wildman–Crippen LogP) is 2.69. The van der Waals surface area contributed by atoms with Crippen molar-refractivity contribution in [3.8, 4) is 5.75 Å². The van der Waals surface area contributed by atoms with Gasteiger partial charge in [-0.1, -0.05) is 25.1 Å². The van der Waals surface area contributed by atoms with Gasteiger partial charge in [0.1, 0.15) is 11.9 Å². The monoisotopic (exact) mass is 377 g/mol. The van der Waals surface area contributed by atoms with Crippen LogP contribution < -0.4 is 15.8 Å². The highest BCUT2D eigenvalue weighted by molar-refractivity contribution is 14.0. The minimum atomic E-state index is 0. The minimum Gasteiger partial charge on any atom is -0.489 e. The Kier molecular flexibility index (Phi) is 9.38. The van der Waals surface area contributed by atoms with Gasteiger partial charge in [-0.05, 0) is 31.9 Å². The zero-order valence-electron chi connectivity index (χ0n) is 11.8. The predicted molar refractivity (Wildman–Crippen MR) is 91.5 cm³/mol. The maximum atomic E-state index is 5.81. The molecule has 0 fully saturated rings. The van der Waals surface area contributed by atoms with Gasteiger partial charge in [0.25, 0.3) is 0 Å². The van der Waals surface area contributed by atoms with Gasteiger partial charge in [0.2, 0.25) is 0 Å². The number of nitrogens with zero attached hydrogens (tertiary/aromatic N) is 1. The van der Waals surface area contributed by atoms with Crippen LogP contribution in [-0.2, 0) is 0 Å². The second-order valence-corrected chi connectivity index (χ2v) is 4.35. The standard InChI is InChI=1S/C14H23N3O.HI/c1-4-9-16-14(15)17-10-12(3)18-13-8-6-5-7-11(13)2;/h5-8,12H,4,9-10H2,1-3H3,(H3,15,16,17);1H. The molecule has 0 aliphatic carbocycles. The molecular weight excluding hydrogens is 353 g/mol. The fourth-order valence-electron chi connectivity index (χ4n) is 1.48. The Labute approximate surface area is 132 Å². The lowest BCUT2D eigenvalue weighted by Gasteiger charge is -2.14. The van der Waals surface area contributed by atoms with E-state index in [0.717, 1.165) is 24.3 Å². The van der Waals surface area contributed by atoms with Crippen LogP contribution in [-0.4, -0.2) is 25.2 Å². The van der Waals surface area contributed by atoms with Crippen molar-refractivity contribution >= 4 is 29.9 Å². The van der Waals surface area contributed by atoms with Crippen LogP contribution in [0.4, 0.5) is 0 Å². The maximum absolute atomic E-state index is 5.81. The highest BCUT2D eigenvalue weighted by Gasteiger charge is 2.05. The molecule has 0 saturated heterocycles. The first-order valence-electron chi connectivity index (χ1n) is 6.39. The fraction of sp³-hybridized carbons (Fsp3) is 0.500. The summed E-state index contributed by atoms with van der Waals surface area (Å²) in [5, 5.41) is 3.04. The molecule has 0 aliphatic rings. The molecule has 1 unspecified atom stereocenters. The Bertz CT molecular complexity index is 396. The van der Waals surface area contributed by atoms with Crippen LogP contribution in [0.1, 0.15) is 25.8 Å². The van der Waals surface area contributed by atoms with Crippen molar-refractivity contribution in [3.63, 3.8) is 0 Å². The van der Waals surface area contributed by atoms with Crippen molar-refractivity contribution in [2.75, 3.05) is 13.1 Å². The van der Waals surface area contributed by atoms with E-state index < -0.39 is 0 Å². The van der Waals surface area contributed by atoms with Crippen molar-refractivity contribution in [1.29, 1.82) is 0 Å². The number of guanidine groups is 1. The number of nitrogens with two attached hydrogens (primary N) is 1. The molecule has 1 atom stereocenters. The van der Waals surface area contributed by atoms with E-state index in [4.69, 9.17) is 10.5 Å². The van der Waals surface area contributed by atoms with Gasteiger partial charge in [-0.2, -0.15) is 0 Å². The van der Waals surface area contributed by atoms with Crippen LogP contribution in [0.15, 0.2) is 29.3 Å². The molecule has 0 aromatic heterocycles. The van der Waals surface area contributed by atoms with E-state index >= 15 is 0 Å². The molecule has 0 radical (unpaired) electrons. The molecule has 0 saturated carbocycles. The molecule has 3 N–H and O–H groups in total. The van der Waals surface area contributed by atoms with Crippen molar-refractivity contribution in [2.24, 2.45) is 10.7 Å². The Balaban J connectivity index is 0.00000324. The molecule has 0 amide bonds. The van der Waals surface area contributed by atoms with Crippen molar-refractivity contribution < 1.29 is 4.74 Å². The zero-order chi connectivity index (χ0) is 13.4. The molecule has 19 heavy (non-hydrogen) atoms. The average Bonchev–Trinajstić information content (AvgIpc) is 2.36. The van der Waals surface area contributed by atoms with Crippen molar-refractivity contribution in [1.82, 2.24) is 5.32 Å². The Hall–Kier alpha value is -0.980. The van der Waals surface area contributed by atoms with Gasteiger partial charge in [0, 0.05) is 6.54 Å². The third-order valence-corrected chi connectivity index (χ3v) is 2.50. The van der Waals surface area contributed by atoms with Gasteiger partial charge in [0.05, 0.1) is 6.54 Å². The SMILES string of the molecule is CCCNC(N)=NCC(C)Oc1ccccc1C.I. The summed E-state index contributed by atoms with van der Waals surface area (Å²) >= 11 is 0. The number of aliphatic imine (C=N–C) groups is 1. The first-order valence-corrected chi connectivity index (χ1v) is 6.39. The van der Waals surface area contributed by atoms with Gasteiger partial charge in [-0.25, -0.2) is 4.99 Å². The third kappa shape index (κ3) is 7.25. The number of halogens is 1. The van der Waals surface area contributed by atoms with E-state index in [1.807, 2.05) is 38.1 Å². The van der Waals surface area contributed by atoms with E-state index in [1.165, 1.54) is 0 Å². The number of hydrogen-bond donors (Lipinski definition) is 2. The summed E-state index contributed by atoms with van der Waals surface area (Å²) < 4.78 is 5.81. The number of nitrogens with one attached hydrogen (secondary N) is 1. The largest absolute Gasteiger partial charge is 0.489 e. The zero-order valence-corrected chi connectivity index (χ0v) is 14.2. The summed E-state index contributed by atoms with van der Waals surface area (Å²) in [4.78, 5) is 4.25. The summed E-state index contributed by atoms with van der Waals surface area (Å²) in [7, 11) is 0. The normalized spacial score (nSPS) is 12.5. The topological polar surface area (TPSA) is 59.6 Å². The van der Waals surface area contributed by atoms with E-state index in [-0.39, 0.29) is 30.1 Å². The van der Waals surface area contributed by atoms with Crippen LogP contribution in [0.25, 0.3) is 0 Å². The van der Waals surface area contributed by atoms with Crippen LogP contribution in [0.2, 0.25) is 0 Å². The van der Waals surface area contributed by atoms with Crippen LogP contribution in [0, 0.1) is 6.92 Å². The molecule has 0 heterocycles. The lowest BCUT2D eigenvalue weighted by molar-refractivity contribution is 0.229. The van der Waals surface area contributed by atoms with E-state index in [2.05, 4.69) is 17.2 Å². The molecule has 1 aromatic rings. The summed E-state index contributed by atoms with van der Waals surface area (Å²) in [6.45, 7) is 7.51. The Morgan fingerprint density at radius 3 is 2.74 bits per heavy atom. The van der Waals surface area contributed by atoms with Gasteiger partial charge in [-0.15, -0.1) is 24.0 Å². The van der Waals surface area contributed by atoms with Crippen molar-refractivity contribution in [2.45, 2.75) is 33.3 Å². The molecule has 0 spiro atoms. The van der Waals surface area contributed by atoms with Gasteiger partial charge in [0.15, 0.2) is 5.96 Å². The summed E-state index contributed by atoms with van der Waals surface area (Å²) in [6, 6.07) is 7.96. The average molecular weight is 377 g/mol. The van der Waals surface area contributed by atoms with Crippen molar-refractivity contribution in [3.05, 3.63) is 29.8 Å². The maximum Gasteiger partial charge on any atom is 0.188 e. The highest BCUT2D eigenvalue weighted by Crippen LogP contribution is 2.17. The molecular formula is C14H24IN3O. The molecule has 1 aromatic carbocycles. The molecule has 1 rings (SSSR count). The lowest BCUT2D eigenvalue weighted by atomic mass is 10.2. The summed E-state index contributed by atoms with van der Waals surface area (Å²) in [6.07, 6.45) is 1.04. The Morgan fingerprint density at radius 2 is 2.11 bits per heavy atom. The molecule has 0 aliphatic heterocycles. The second-order valence-electron chi connectivity index (χ2n) is 4.35. The van der Waals surface area contributed by atoms with Crippen LogP contribution in [0.3, 0.4) is 0 Å². The first-order chi connectivity index (χ1) is 8.63. The molecule has 108 valence electrons. The fourth-order valence-corrected chi connectivity index (χ4v) is 1.48. The quantitative estimate of drug-likeness (QED) is 0.455. The molecule has 0 bridgehead atoms. The van der Waals surface area contributed by atoms with Gasteiger partial charge in [-0.3, -0.25) is 0 Å². The summed E-state index contributed by atoms with van der Waals surface area (Å²) in [5.74, 6) is 1.39. The number of ether oxygens (including phenoxy) is 1. The number of aryl methyl sites for hydroxylation is 1. The second kappa shape index (κ2) is 9.89. The smallest absolute Gasteiger partial charge is 0.188 e.